The van der Waals surface area contributed by atoms with Crippen LogP contribution in [0.5, 0.6) is 5.75 Å². The van der Waals surface area contributed by atoms with Crippen molar-refractivity contribution in [3.05, 3.63) is 77.6 Å². The second-order valence-corrected chi connectivity index (χ2v) is 5.08. The Kier molecular flexibility index (Phi) is 4.24. The molecule has 0 amide bonds. The average Bonchev–Trinajstić information content (AvgIpc) is 2.61. The van der Waals surface area contributed by atoms with Crippen LogP contribution in [0.2, 0.25) is 0 Å². The van der Waals surface area contributed by atoms with Crippen LogP contribution in [-0.2, 0) is 4.74 Å². The monoisotopic (exact) mass is 324 g/mol. The molecule has 0 atom stereocenters. The van der Waals surface area contributed by atoms with Gasteiger partial charge < -0.3 is 9.47 Å². The van der Waals surface area contributed by atoms with Crippen LogP contribution < -0.4 is 4.74 Å². The van der Waals surface area contributed by atoms with E-state index in [9.17, 15) is 14.0 Å². The van der Waals surface area contributed by atoms with Crippen molar-refractivity contribution >= 4 is 22.7 Å². The summed E-state index contributed by atoms with van der Waals surface area (Å²) in [6.07, 6.45) is 0. The van der Waals surface area contributed by atoms with Crippen molar-refractivity contribution in [1.82, 2.24) is 0 Å². The molecule has 0 heterocycles. The third kappa shape index (κ3) is 3.10. The summed E-state index contributed by atoms with van der Waals surface area (Å²) in [5.74, 6) is -1.65. The Morgan fingerprint density at radius 3 is 2.12 bits per heavy atom. The summed E-state index contributed by atoms with van der Waals surface area (Å²) in [6.45, 7) is 0. The lowest BCUT2D eigenvalue weighted by atomic mass is 10.1. The molecule has 0 fully saturated rings. The maximum atomic E-state index is 13.0. The van der Waals surface area contributed by atoms with Crippen molar-refractivity contribution in [1.29, 1.82) is 0 Å². The van der Waals surface area contributed by atoms with Crippen LogP contribution in [0.4, 0.5) is 4.39 Å². The molecule has 0 unspecified atom stereocenters. The molecule has 0 aliphatic rings. The van der Waals surface area contributed by atoms with E-state index in [2.05, 4.69) is 0 Å². The van der Waals surface area contributed by atoms with Crippen LogP contribution in [0, 0.1) is 5.82 Å². The topological polar surface area (TPSA) is 52.6 Å². The van der Waals surface area contributed by atoms with Crippen LogP contribution in [0.3, 0.4) is 0 Å². The Balaban J connectivity index is 2.01. The molecule has 0 N–H and O–H groups in total. The minimum absolute atomic E-state index is 0.0925. The Labute approximate surface area is 137 Å². The number of methoxy groups -OCH3 is 1. The zero-order chi connectivity index (χ0) is 17.1. The van der Waals surface area contributed by atoms with E-state index in [4.69, 9.17) is 9.47 Å². The van der Waals surface area contributed by atoms with Crippen LogP contribution >= 0.6 is 0 Å². The standard InChI is InChI=1S/C19H13FO4/c1-23-19(22)16-10-13-4-2-3-5-14(13)11-17(16)24-18(21)12-6-8-15(20)9-7-12/h2-11H,1H3. The molecule has 0 saturated carbocycles. The summed E-state index contributed by atoms with van der Waals surface area (Å²) >= 11 is 0. The zero-order valence-electron chi connectivity index (χ0n) is 12.8. The van der Waals surface area contributed by atoms with Crippen molar-refractivity contribution in [3.8, 4) is 5.75 Å². The summed E-state index contributed by atoms with van der Waals surface area (Å²) in [7, 11) is 1.25. The molecule has 0 saturated heterocycles. The largest absolute Gasteiger partial charge is 0.465 e. The molecular formula is C19H13FO4. The first kappa shape index (κ1) is 15.7. The third-order valence-corrected chi connectivity index (χ3v) is 3.54. The van der Waals surface area contributed by atoms with Gasteiger partial charge in [0.25, 0.3) is 0 Å². The molecule has 0 spiro atoms. The van der Waals surface area contributed by atoms with Crippen molar-refractivity contribution in [2.75, 3.05) is 7.11 Å². The number of carbonyl (C=O) groups excluding carboxylic acids is 2. The predicted octanol–water partition coefficient (Wildman–Crippen LogP) is 3.98. The van der Waals surface area contributed by atoms with Crippen molar-refractivity contribution in [2.24, 2.45) is 0 Å². The molecule has 120 valence electrons. The van der Waals surface area contributed by atoms with E-state index in [-0.39, 0.29) is 16.9 Å². The number of rotatable bonds is 3. The summed E-state index contributed by atoms with van der Waals surface area (Å²) in [5, 5.41) is 1.63. The highest BCUT2D eigenvalue weighted by molar-refractivity contribution is 6.00. The van der Waals surface area contributed by atoms with Crippen molar-refractivity contribution in [3.63, 3.8) is 0 Å². The highest BCUT2D eigenvalue weighted by Gasteiger charge is 2.18. The predicted molar refractivity (Wildman–Crippen MR) is 86.6 cm³/mol. The zero-order valence-corrected chi connectivity index (χ0v) is 12.8. The Bertz CT molecular complexity index is 916. The lowest BCUT2D eigenvalue weighted by Gasteiger charge is -2.10. The minimum atomic E-state index is -0.685. The number of fused-ring (bicyclic) bond motifs is 1. The maximum Gasteiger partial charge on any atom is 0.343 e. The van der Waals surface area contributed by atoms with Crippen LogP contribution in [-0.4, -0.2) is 19.0 Å². The molecule has 24 heavy (non-hydrogen) atoms. The number of benzene rings is 3. The number of esters is 2. The minimum Gasteiger partial charge on any atom is -0.465 e. The van der Waals surface area contributed by atoms with Gasteiger partial charge in [0.05, 0.1) is 12.7 Å². The van der Waals surface area contributed by atoms with Crippen molar-refractivity contribution in [2.45, 2.75) is 0 Å². The second-order valence-electron chi connectivity index (χ2n) is 5.08. The lowest BCUT2D eigenvalue weighted by molar-refractivity contribution is 0.0593. The SMILES string of the molecule is COC(=O)c1cc2ccccc2cc1OC(=O)c1ccc(F)cc1. The van der Waals surface area contributed by atoms with E-state index >= 15 is 0 Å². The first-order chi connectivity index (χ1) is 11.6. The van der Waals surface area contributed by atoms with Gasteiger partial charge >= 0.3 is 11.9 Å². The van der Waals surface area contributed by atoms with E-state index in [1.807, 2.05) is 24.3 Å². The number of carbonyl (C=O) groups is 2. The van der Waals surface area contributed by atoms with E-state index in [1.54, 1.807) is 12.1 Å². The highest BCUT2D eigenvalue weighted by atomic mass is 19.1. The molecule has 3 aromatic rings. The van der Waals surface area contributed by atoms with Crippen LogP contribution in [0.1, 0.15) is 20.7 Å². The molecule has 0 aromatic heterocycles. The van der Waals surface area contributed by atoms with Gasteiger partial charge in [0.1, 0.15) is 17.1 Å². The third-order valence-electron chi connectivity index (χ3n) is 3.54. The van der Waals surface area contributed by atoms with Gasteiger partial charge in [-0.3, -0.25) is 0 Å². The Morgan fingerprint density at radius 2 is 1.50 bits per heavy atom. The van der Waals surface area contributed by atoms with Crippen LogP contribution in [0.25, 0.3) is 10.8 Å². The van der Waals surface area contributed by atoms with Gasteiger partial charge in [0, 0.05) is 0 Å². The van der Waals surface area contributed by atoms with E-state index < -0.39 is 17.8 Å². The van der Waals surface area contributed by atoms with Gasteiger partial charge in [-0.15, -0.1) is 0 Å². The first-order valence-electron chi connectivity index (χ1n) is 7.17. The van der Waals surface area contributed by atoms with E-state index in [1.165, 1.54) is 19.2 Å². The molecule has 0 aliphatic heterocycles. The molecule has 0 bridgehead atoms. The summed E-state index contributed by atoms with van der Waals surface area (Å²) in [4.78, 5) is 24.2. The fourth-order valence-electron chi connectivity index (χ4n) is 2.32. The smallest absolute Gasteiger partial charge is 0.343 e. The quantitative estimate of drug-likeness (QED) is 0.540. The Morgan fingerprint density at radius 1 is 0.875 bits per heavy atom. The van der Waals surface area contributed by atoms with E-state index in [0.29, 0.717) is 0 Å². The van der Waals surface area contributed by atoms with Gasteiger partial charge in [-0.1, -0.05) is 24.3 Å². The normalized spacial score (nSPS) is 10.4. The molecular weight excluding hydrogens is 311 g/mol. The number of ether oxygens (including phenoxy) is 2. The van der Waals surface area contributed by atoms with Crippen molar-refractivity contribution < 1.29 is 23.5 Å². The van der Waals surface area contributed by atoms with Gasteiger partial charge in [0.2, 0.25) is 0 Å². The van der Waals surface area contributed by atoms with E-state index in [0.717, 1.165) is 22.9 Å². The fourth-order valence-corrected chi connectivity index (χ4v) is 2.32. The molecule has 3 aromatic carbocycles. The highest BCUT2D eigenvalue weighted by Crippen LogP contribution is 2.27. The number of hydrogen-bond donors (Lipinski definition) is 0. The van der Waals surface area contributed by atoms with Gasteiger partial charge in [0.15, 0.2) is 0 Å². The van der Waals surface area contributed by atoms with Gasteiger partial charge in [-0.05, 0) is 47.2 Å². The second kappa shape index (κ2) is 6.50. The Hall–Kier alpha value is -3.21. The fraction of sp³-hybridized carbons (Fsp3) is 0.0526. The van der Waals surface area contributed by atoms with Crippen LogP contribution in [0.15, 0.2) is 60.7 Å². The average molecular weight is 324 g/mol. The van der Waals surface area contributed by atoms with Gasteiger partial charge in [-0.2, -0.15) is 0 Å². The first-order valence-corrected chi connectivity index (χ1v) is 7.17. The summed E-state index contributed by atoms with van der Waals surface area (Å²) < 4.78 is 23.0. The summed E-state index contributed by atoms with van der Waals surface area (Å²) in [5.41, 5.74) is 0.326. The number of halogens is 1. The molecule has 3 rings (SSSR count). The lowest BCUT2D eigenvalue weighted by Crippen LogP contribution is -2.12. The van der Waals surface area contributed by atoms with Gasteiger partial charge in [-0.25, -0.2) is 14.0 Å². The molecule has 0 radical (unpaired) electrons. The molecule has 5 heteroatoms. The summed E-state index contributed by atoms with van der Waals surface area (Å²) in [6, 6.07) is 15.5. The maximum absolute atomic E-state index is 13.0. The number of hydrogen-bond acceptors (Lipinski definition) is 4. The molecule has 0 aliphatic carbocycles. The molecule has 4 nitrogen and oxygen atoms in total.